The minimum Gasteiger partial charge on any atom is -0.466 e. The lowest BCUT2D eigenvalue weighted by Gasteiger charge is -2.20. The Morgan fingerprint density at radius 2 is 0.667 bits per heavy atom. The van der Waals surface area contributed by atoms with Crippen LogP contribution in [0.3, 0.4) is 0 Å². The quantitative estimate of drug-likeness (QED) is 0.0320. The Hall–Kier alpha value is -1.92. The summed E-state index contributed by atoms with van der Waals surface area (Å²) in [7, 11) is 0. The number of carbonyl (C=O) groups excluding carboxylic acids is 2. The number of unbranched alkanes of at least 4 members (excludes halogenated alkanes) is 48. The minimum atomic E-state index is -0.848. The number of nitrogens with one attached hydrogen (secondary N) is 1. The molecule has 1 amide bonds. The highest BCUT2D eigenvalue weighted by molar-refractivity contribution is 5.76. The lowest BCUT2D eigenvalue weighted by molar-refractivity contribution is -0.143. The van der Waals surface area contributed by atoms with Crippen molar-refractivity contribution in [2.45, 2.75) is 379 Å². The molecule has 6 nitrogen and oxygen atoms in total. The summed E-state index contributed by atoms with van der Waals surface area (Å²) in [6.45, 7) is 4.90. The van der Waals surface area contributed by atoms with E-state index in [0.29, 0.717) is 19.4 Å². The van der Waals surface area contributed by atoms with Crippen LogP contribution in [0.15, 0.2) is 36.5 Å². The van der Waals surface area contributed by atoms with Crippen molar-refractivity contribution in [1.82, 2.24) is 5.32 Å². The normalized spacial score (nSPS) is 12.7. The molecule has 0 aromatic carbocycles. The average molecular weight is 1050 g/mol. The smallest absolute Gasteiger partial charge is 0.305 e. The molecule has 2 unspecified atom stereocenters. The first-order valence-electron chi connectivity index (χ1n) is 33.8. The Balaban J connectivity index is 3.43. The zero-order valence-corrected chi connectivity index (χ0v) is 50.5. The lowest BCUT2D eigenvalue weighted by atomic mass is 10.0. The Morgan fingerprint density at radius 3 is 1.03 bits per heavy atom. The van der Waals surface area contributed by atoms with E-state index >= 15 is 0 Å². The predicted molar refractivity (Wildman–Crippen MR) is 329 cm³/mol. The van der Waals surface area contributed by atoms with Crippen molar-refractivity contribution in [3.05, 3.63) is 36.5 Å². The standard InChI is InChI=1S/C69H131NO5/c1-3-5-7-9-11-13-15-17-19-21-22-23-24-27-30-33-37-41-45-49-53-57-61-67(72)66(65-71)70-68(73)62-58-54-50-46-42-38-34-31-28-25-26-29-32-36-40-44-48-52-56-60-64-75-69(74)63-59-55-51-47-43-39-35-20-18-16-14-12-10-8-6-4-2/h14,16,20,35,57,61,66-67,71-72H,3-13,15,17-19,21-34,36-56,58-60,62-65H2,1-2H3,(H,70,73)/b16-14-,35-20-,61-57+. The summed E-state index contributed by atoms with van der Waals surface area (Å²) >= 11 is 0. The fraction of sp³-hybridized carbons (Fsp3) is 0.884. The van der Waals surface area contributed by atoms with E-state index in [1.807, 2.05) is 6.08 Å². The topological polar surface area (TPSA) is 95.9 Å². The molecule has 0 fully saturated rings. The van der Waals surface area contributed by atoms with Gasteiger partial charge in [0, 0.05) is 12.8 Å². The Kier molecular flexibility index (Phi) is 63.0. The van der Waals surface area contributed by atoms with Crippen molar-refractivity contribution in [2.24, 2.45) is 0 Å². The molecule has 6 heteroatoms. The second-order valence-corrected chi connectivity index (χ2v) is 23.2. The van der Waals surface area contributed by atoms with Crippen molar-refractivity contribution >= 4 is 11.9 Å². The number of ether oxygens (including phenoxy) is 1. The maximum atomic E-state index is 12.5. The second kappa shape index (κ2) is 64.6. The summed E-state index contributed by atoms with van der Waals surface area (Å²) < 4.78 is 5.48. The Bertz CT molecular complexity index is 1210. The summed E-state index contributed by atoms with van der Waals surface area (Å²) in [5.74, 6) is -0.0698. The highest BCUT2D eigenvalue weighted by atomic mass is 16.5. The molecule has 0 aliphatic carbocycles. The number of carbonyl (C=O) groups is 2. The van der Waals surface area contributed by atoms with Crippen molar-refractivity contribution in [3.63, 3.8) is 0 Å². The van der Waals surface area contributed by atoms with Crippen LogP contribution in [0, 0.1) is 0 Å². The second-order valence-electron chi connectivity index (χ2n) is 23.2. The fourth-order valence-electron chi connectivity index (χ4n) is 10.5. The number of hydrogen-bond donors (Lipinski definition) is 3. The zero-order valence-electron chi connectivity index (χ0n) is 50.5. The summed E-state index contributed by atoms with van der Waals surface area (Å²) in [4.78, 5) is 24.6. The van der Waals surface area contributed by atoms with Crippen LogP contribution in [0.25, 0.3) is 0 Å². The molecule has 0 heterocycles. The van der Waals surface area contributed by atoms with E-state index in [9.17, 15) is 19.8 Å². The van der Waals surface area contributed by atoms with Crippen molar-refractivity contribution < 1.29 is 24.5 Å². The van der Waals surface area contributed by atoms with E-state index < -0.39 is 12.1 Å². The number of aliphatic hydroxyl groups excluding tert-OH is 2. The van der Waals surface area contributed by atoms with Gasteiger partial charge in [-0.05, 0) is 64.2 Å². The number of aliphatic hydroxyl groups is 2. The molecule has 0 aliphatic heterocycles. The van der Waals surface area contributed by atoms with Gasteiger partial charge in [-0.25, -0.2) is 0 Å². The Labute approximate surface area is 468 Å². The molecule has 0 aromatic rings. The zero-order chi connectivity index (χ0) is 54.3. The molecule has 2 atom stereocenters. The van der Waals surface area contributed by atoms with Crippen LogP contribution in [-0.4, -0.2) is 47.4 Å². The number of amides is 1. The molecule has 0 spiro atoms. The van der Waals surface area contributed by atoms with Gasteiger partial charge >= 0.3 is 5.97 Å². The lowest BCUT2D eigenvalue weighted by Crippen LogP contribution is -2.45. The van der Waals surface area contributed by atoms with E-state index in [2.05, 4.69) is 43.5 Å². The van der Waals surface area contributed by atoms with Gasteiger partial charge in [-0.1, -0.05) is 326 Å². The number of hydrogen-bond acceptors (Lipinski definition) is 5. The molecule has 0 aliphatic rings. The first-order chi connectivity index (χ1) is 37.0. The van der Waals surface area contributed by atoms with Crippen LogP contribution in [0.2, 0.25) is 0 Å². The third kappa shape index (κ3) is 61.2. The van der Waals surface area contributed by atoms with Crippen molar-refractivity contribution in [1.29, 1.82) is 0 Å². The third-order valence-corrected chi connectivity index (χ3v) is 15.7. The van der Waals surface area contributed by atoms with Crippen LogP contribution in [0.4, 0.5) is 0 Å². The number of esters is 1. The molecule has 0 saturated carbocycles. The fourth-order valence-corrected chi connectivity index (χ4v) is 10.5. The molecule has 442 valence electrons. The number of rotatable bonds is 63. The molecule has 75 heavy (non-hydrogen) atoms. The molecule has 0 saturated heterocycles. The van der Waals surface area contributed by atoms with Gasteiger partial charge in [0.05, 0.1) is 25.4 Å². The minimum absolute atomic E-state index is 0.00302. The maximum Gasteiger partial charge on any atom is 0.305 e. The van der Waals surface area contributed by atoms with Crippen LogP contribution < -0.4 is 5.32 Å². The van der Waals surface area contributed by atoms with Gasteiger partial charge in [-0.3, -0.25) is 9.59 Å². The van der Waals surface area contributed by atoms with E-state index in [0.717, 1.165) is 51.4 Å². The molecule has 0 radical (unpaired) electrons. The monoisotopic (exact) mass is 1050 g/mol. The van der Waals surface area contributed by atoms with E-state index in [4.69, 9.17) is 4.74 Å². The largest absolute Gasteiger partial charge is 0.466 e. The summed E-state index contributed by atoms with van der Waals surface area (Å²) in [5.41, 5.74) is 0. The first kappa shape index (κ1) is 73.1. The molecule has 0 rings (SSSR count). The molecule has 0 bridgehead atoms. The van der Waals surface area contributed by atoms with Crippen LogP contribution in [-0.2, 0) is 14.3 Å². The van der Waals surface area contributed by atoms with Gasteiger partial charge < -0.3 is 20.3 Å². The SMILES string of the molecule is CCCCCC/C=C\C/C=C\CCCCCCCC(=O)OCCCCCCCCCCCCCCCCCCCCCCC(=O)NC(CO)C(O)/C=C/CCCCCCCCCCCCCCCCCCCCCC. The van der Waals surface area contributed by atoms with Gasteiger partial charge in [-0.2, -0.15) is 0 Å². The molecular weight excluding hydrogens is 923 g/mol. The highest BCUT2D eigenvalue weighted by Crippen LogP contribution is 2.18. The van der Waals surface area contributed by atoms with Crippen molar-refractivity contribution in [2.75, 3.05) is 13.2 Å². The predicted octanol–water partition coefficient (Wildman–Crippen LogP) is 21.5. The van der Waals surface area contributed by atoms with Gasteiger partial charge in [0.2, 0.25) is 5.91 Å². The maximum absolute atomic E-state index is 12.5. The summed E-state index contributed by atoms with van der Waals surface area (Å²) in [6.07, 6.45) is 82.0. The van der Waals surface area contributed by atoms with Gasteiger partial charge in [0.15, 0.2) is 0 Å². The van der Waals surface area contributed by atoms with E-state index in [-0.39, 0.29) is 18.5 Å². The van der Waals surface area contributed by atoms with Crippen LogP contribution >= 0.6 is 0 Å². The van der Waals surface area contributed by atoms with Crippen LogP contribution in [0.1, 0.15) is 367 Å². The highest BCUT2D eigenvalue weighted by Gasteiger charge is 2.18. The summed E-state index contributed by atoms with van der Waals surface area (Å²) in [5, 5.41) is 23.2. The molecule has 0 aromatic heterocycles. The molecular formula is C69H131NO5. The van der Waals surface area contributed by atoms with Crippen LogP contribution in [0.5, 0.6) is 0 Å². The van der Waals surface area contributed by atoms with E-state index in [1.165, 1.54) is 289 Å². The molecule has 3 N–H and O–H groups in total. The average Bonchev–Trinajstić information content (AvgIpc) is 3.41. The Morgan fingerprint density at radius 1 is 0.373 bits per heavy atom. The van der Waals surface area contributed by atoms with Crippen molar-refractivity contribution in [3.8, 4) is 0 Å². The van der Waals surface area contributed by atoms with Gasteiger partial charge in [0.25, 0.3) is 0 Å². The summed E-state index contributed by atoms with van der Waals surface area (Å²) in [6, 6.07) is -0.631. The first-order valence-corrected chi connectivity index (χ1v) is 33.8. The van der Waals surface area contributed by atoms with E-state index in [1.54, 1.807) is 6.08 Å². The van der Waals surface area contributed by atoms with Gasteiger partial charge in [0.1, 0.15) is 0 Å². The number of allylic oxidation sites excluding steroid dienone is 5. The van der Waals surface area contributed by atoms with Gasteiger partial charge in [-0.15, -0.1) is 0 Å². The third-order valence-electron chi connectivity index (χ3n) is 15.7.